The minimum absolute atomic E-state index is 0.188. The lowest BCUT2D eigenvalue weighted by molar-refractivity contribution is 0.425. The Kier molecular flexibility index (Phi) is 3.25. The highest BCUT2D eigenvalue weighted by Gasteiger charge is 2.16. The van der Waals surface area contributed by atoms with Gasteiger partial charge in [0.2, 0.25) is 9.05 Å². The standard InChI is InChI=1S/C9H10ClFO3S/c1-5-3-7(4-15(10,13)14)6(2)9(12)8(5)11/h3,12H,4H2,1-2H3. The number of aromatic hydroxyl groups is 1. The summed E-state index contributed by atoms with van der Waals surface area (Å²) in [5.74, 6) is -1.68. The van der Waals surface area contributed by atoms with Crippen molar-refractivity contribution in [1.82, 2.24) is 0 Å². The van der Waals surface area contributed by atoms with Gasteiger partial charge in [-0.15, -0.1) is 0 Å². The summed E-state index contributed by atoms with van der Waals surface area (Å²) in [7, 11) is 1.37. The summed E-state index contributed by atoms with van der Waals surface area (Å²) in [6, 6.07) is 1.37. The van der Waals surface area contributed by atoms with Crippen LogP contribution in [0, 0.1) is 19.7 Å². The molecule has 0 radical (unpaired) electrons. The van der Waals surface area contributed by atoms with E-state index in [-0.39, 0.29) is 11.1 Å². The zero-order valence-electron chi connectivity index (χ0n) is 8.21. The Morgan fingerprint density at radius 2 is 2.00 bits per heavy atom. The molecule has 0 amide bonds. The fraction of sp³-hybridized carbons (Fsp3) is 0.333. The molecule has 0 spiro atoms. The van der Waals surface area contributed by atoms with Crippen molar-refractivity contribution in [1.29, 1.82) is 0 Å². The van der Waals surface area contributed by atoms with Gasteiger partial charge in [0.05, 0.1) is 5.75 Å². The van der Waals surface area contributed by atoms with Crippen molar-refractivity contribution in [2.75, 3.05) is 0 Å². The number of phenols is 1. The minimum atomic E-state index is -3.71. The van der Waals surface area contributed by atoms with E-state index in [1.807, 2.05) is 0 Å². The maximum Gasteiger partial charge on any atom is 0.236 e. The number of halogens is 2. The second kappa shape index (κ2) is 3.98. The van der Waals surface area contributed by atoms with Gasteiger partial charge in [0.15, 0.2) is 11.6 Å². The van der Waals surface area contributed by atoms with Gasteiger partial charge in [0, 0.05) is 10.7 Å². The highest BCUT2D eigenvalue weighted by atomic mass is 35.7. The van der Waals surface area contributed by atoms with Crippen LogP contribution >= 0.6 is 10.7 Å². The van der Waals surface area contributed by atoms with E-state index in [0.29, 0.717) is 5.56 Å². The van der Waals surface area contributed by atoms with Crippen LogP contribution in [0.15, 0.2) is 6.07 Å². The molecule has 0 aliphatic heterocycles. The number of hydrogen-bond donors (Lipinski definition) is 1. The Labute approximate surface area is 91.9 Å². The van der Waals surface area contributed by atoms with Gasteiger partial charge in [-0.3, -0.25) is 0 Å². The van der Waals surface area contributed by atoms with Crippen molar-refractivity contribution in [2.24, 2.45) is 0 Å². The second-order valence-corrected chi connectivity index (χ2v) is 6.10. The average molecular weight is 253 g/mol. The van der Waals surface area contributed by atoms with Gasteiger partial charge in [0.25, 0.3) is 0 Å². The summed E-state index contributed by atoms with van der Waals surface area (Å²) in [5.41, 5.74) is 0.692. The zero-order valence-corrected chi connectivity index (χ0v) is 9.78. The topological polar surface area (TPSA) is 54.4 Å². The van der Waals surface area contributed by atoms with Crippen LogP contribution in [0.1, 0.15) is 16.7 Å². The lowest BCUT2D eigenvalue weighted by atomic mass is 10.1. The number of rotatable bonds is 2. The van der Waals surface area contributed by atoms with E-state index in [1.54, 1.807) is 0 Å². The van der Waals surface area contributed by atoms with Crippen LogP contribution < -0.4 is 0 Å². The number of phenolic OH excluding ortho intramolecular Hbond substituents is 1. The molecule has 0 saturated carbocycles. The van der Waals surface area contributed by atoms with Gasteiger partial charge in [-0.1, -0.05) is 6.07 Å². The largest absolute Gasteiger partial charge is 0.505 e. The third-order valence-electron chi connectivity index (χ3n) is 2.11. The summed E-state index contributed by atoms with van der Waals surface area (Å²) in [6.07, 6.45) is 0. The first-order chi connectivity index (χ1) is 6.72. The second-order valence-electron chi connectivity index (χ2n) is 3.32. The lowest BCUT2D eigenvalue weighted by Gasteiger charge is -2.09. The molecular weight excluding hydrogens is 243 g/mol. The van der Waals surface area contributed by atoms with Crippen molar-refractivity contribution in [3.63, 3.8) is 0 Å². The van der Waals surface area contributed by atoms with Crippen molar-refractivity contribution in [3.8, 4) is 5.75 Å². The fourth-order valence-electron chi connectivity index (χ4n) is 1.27. The quantitative estimate of drug-likeness (QED) is 0.821. The van der Waals surface area contributed by atoms with Crippen molar-refractivity contribution in [3.05, 3.63) is 28.6 Å². The third kappa shape index (κ3) is 2.82. The van der Waals surface area contributed by atoms with E-state index in [2.05, 4.69) is 0 Å². The molecule has 1 rings (SSSR count). The first-order valence-electron chi connectivity index (χ1n) is 4.12. The number of benzene rings is 1. The SMILES string of the molecule is Cc1cc(CS(=O)(=O)Cl)c(C)c(O)c1F. The van der Waals surface area contributed by atoms with E-state index in [9.17, 15) is 17.9 Å². The van der Waals surface area contributed by atoms with Crippen LogP contribution in [0.25, 0.3) is 0 Å². The van der Waals surface area contributed by atoms with Gasteiger partial charge in [-0.2, -0.15) is 0 Å². The zero-order chi connectivity index (χ0) is 11.8. The Hall–Kier alpha value is -0.810. The van der Waals surface area contributed by atoms with Crippen LogP contribution in [-0.4, -0.2) is 13.5 Å². The Morgan fingerprint density at radius 3 is 2.47 bits per heavy atom. The monoisotopic (exact) mass is 252 g/mol. The summed E-state index contributed by atoms with van der Waals surface area (Å²) >= 11 is 0. The molecule has 1 N–H and O–H groups in total. The highest BCUT2D eigenvalue weighted by Crippen LogP contribution is 2.28. The van der Waals surface area contributed by atoms with Crippen molar-refractivity contribution in [2.45, 2.75) is 19.6 Å². The first kappa shape index (κ1) is 12.3. The molecule has 6 heteroatoms. The van der Waals surface area contributed by atoms with Crippen LogP contribution in [0.2, 0.25) is 0 Å². The summed E-state index contributed by atoms with van der Waals surface area (Å²) < 4.78 is 34.9. The predicted molar refractivity (Wildman–Crippen MR) is 56.0 cm³/mol. The summed E-state index contributed by atoms with van der Waals surface area (Å²) in [4.78, 5) is 0. The fourth-order valence-corrected chi connectivity index (χ4v) is 2.30. The predicted octanol–water partition coefficient (Wildman–Crippen LogP) is 2.22. The molecule has 0 heterocycles. The molecule has 0 unspecified atom stereocenters. The Bertz CT molecular complexity index is 497. The molecule has 84 valence electrons. The molecule has 0 aromatic heterocycles. The highest BCUT2D eigenvalue weighted by molar-refractivity contribution is 8.13. The molecular formula is C9H10ClFO3S. The third-order valence-corrected chi connectivity index (χ3v) is 3.09. The first-order valence-corrected chi connectivity index (χ1v) is 6.60. The maximum atomic E-state index is 13.2. The van der Waals surface area contributed by atoms with Gasteiger partial charge in [-0.25, -0.2) is 12.8 Å². The van der Waals surface area contributed by atoms with E-state index in [0.717, 1.165) is 0 Å². The molecule has 3 nitrogen and oxygen atoms in total. The Morgan fingerprint density at radius 1 is 1.47 bits per heavy atom. The van der Waals surface area contributed by atoms with Crippen LogP contribution in [-0.2, 0) is 14.8 Å². The molecule has 0 aliphatic rings. The van der Waals surface area contributed by atoms with E-state index in [4.69, 9.17) is 10.7 Å². The average Bonchev–Trinajstić information content (AvgIpc) is 2.08. The van der Waals surface area contributed by atoms with Crippen molar-refractivity contribution < 1.29 is 17.9 Å². The van der Waals surface area contributed by atoms with Gasteiger partial charge < -0.3 is 5.11 Å². The van der Waals surface area contributed by atoms with Crippen LogP contribution in [0.5, 0.6) is 5.75 Å². The molecule has 0 bridgehead atoms. The van der Waals surface area contributed by atoms with Crippen molar-refractivity contribution >= 4 is 19.7 Å². The molecule has 0 aliphatic carbocycles. The van der Waals surface area contributed by atoms with Gasteiger partial charge in [-0.05, 0) is 30.5 Å². The smallest absolute Gasteiger partial charge is 0.236 e. The summed E-state index contributed by atoms with van der Waals surface area (Å²) in [5, 5.41) is 9.35. The van der Waals surface area contributed by atoms with Crippen LogP contribution in [0.4, 0.5) is 4.39 Å². The Balaban J connectivity index is 3.33. The van der Waals surface area contributed by atoms with Gasteiger partial charge in [0.1, 0.15) is 0 Å². The lowest BCUT2D eigenvalue weighted by Crippen LogP contribution is -2.00. The van der Waals surface area contributed by atoms with E-state index in [1.165, 1.54) is 19.9 Å². The van der Waals surface area contributed by atoms with E-state index >= 15 is 0 Å². The van der Waals surface area contributed by atoms with Crippen LogP contribution in [0.3, 0.4) is 0 Å². The maximum absolute atomic E-state index is 13.2. The molecule has 0 fully saturated rings. The number of hydrogen-bond acceptors (Lipinski definition) is 3. The van der Waals surface area contributed by atoms with Gasteiger partial charge >= 0.3 is 0 Å². The molecule has 0 saturated heterocycles. The molecule has 0 atom stereocenters. The number of aryl methyl sites for hydroxylation is 1. The molecule has 15 heavy (non-hydrogen) atoms. The van der Waals surface area contributed by atoms with E-state index < -0.39 is 26.4 Å². The normalized spacial score (nSPS) is 11.7. The summed E-state index contributed by atoms with van der Waals surface area (Å²) in [6.45, 7) is 2.88. The minimum Gasteiger partial charge on any atom is -0.505 e. The molecule has 1 aromatic rings. The molecule has 1 aromatic carbocycles.